The Hall–Kier alpha value is -2.66. The number of fused-ring (bicyclic) bond motifs is 2. The lowest BCUT2D eigenvalue weighted by Crippen LogP contribution is -2.16. The molecular formula is C17H13ClN4O. The van der Waals surface area contributed by atoms with Crippen molar-refractivity contribution in [3.05, 3.63) is 64.8 Å². The van der Waals surface area contributed by atoms with Gasteiger partial charge in [-0.3, -0.25) is 13.8 Å². The molecule has 0 saturated heterocycles. The summed E-state index contributed by atoms with van der Waals surface area (Å²) in [5.74, 6) is 0.503. The molecule has 0 saturated carbocycles. The molecule has 4 rings (SSSR count). The second-order valence-corrected chi connectivity index (χ2v) is 5.84. The number of hydrogen-bond acceptors (Lipinski definition) is 3. The fourth-order valence-electron chi connectivity index (χ4n) is 2.90. The third-order valence-corrected chi connectivity index (χ3v) is 4.13. The molecule has 0 N–H and O–H groups in total. The Morgan fingerprint density at radius 1 is 1.13 bits per heavy atom. The van der Waals surface area contributed by atoms with Gasteiger partial charge in [-0.2, -0.15) is 0 Å². The van der Waals surface area contributed by atoms with Gasteiger partial charge in [-0.15, -0.1) is 0 Å². The van der Waals surface area contributed by atoms with Crippen LogP contribution in [-0.2, 0) is 0 Å². The highest BCUT2D eigenvalue weighted by Gasteiger charge is 2.22. The Labute approximate surface area is 137 Å². The zero-order valence-corrected chi connectivity index (χ0v) is 13.4. The van der Waals surface area contributed by atoms with Crippen molar-refractivity contribution in [2.24, 2.45) is 0 Å². The first-order valence-electron chi connectivity index (χ1n) is 7.19. The van der Waals surface area contributed by atoms with Crippen molar-refractivity contribution in [3.8, 4) is 0 Å². The van der Waals surface area contributed by atoms with Crippen LogP contribution in [0.15, 0.2) is 42.6 Å². The number of rotatable bonds is 1. The van der Waals surface area contributed by atoms with Crippen LogP contribution in [0.3, 0.4) is 0 Å². The Bertz CT molecular complexity index is 1080. The zero-order chi connectivity index (χ0) is 16.1. The highest BCUT2D eigenvalue weighted by Crippen LogP contribution is 2.21. The Morgan fingerprint density at radius 3 is 2.74 bits per heavy atom. The molecule has 0 radical (unpaired) electrons. The van der Waals surface area contributed by atoms with Crippen LogP contribution < -0.4 is 0 Å². The van der Waals surface area contributed by atoms with Gasteiger partial charge in [0.25, 0.3) is 5.91 Å². The quantitative estimate of drug-likeness (QED) is 0.537. The molecule has 3 aromatic heterocycles. The van der Waals surface area contributed by atoms with E-state index >= 15 is 0 Å². The van der Waals surface area contributed by atoms with Crippen molar-refractivity contribution in [1.82, 2.24) is 18.9 Å². The van der Waals surface area contributed by atoms with Gasteiger partial charge < -0.3 is 0 Å². The lowest BCUT2D eigenvalue weighted by atomic mass is 10.3. The zero-order valence-electron chi connectivity index (χ0n) is 12.6. The third kappa shape index (κ3) is 2.04. The number of nitrogens with zero attached hydrogens (tertiary/aromatic N) is 4. The minimum Gasteiger partial charge on any atom is -0.295 e. The Balaban J connectivity index is 1.99. The molecule has 4 aromatic rings. The van der Waals surface area contributed by atoms with Gasteiger partial charge in [0.05, 0.1) is 16.7 Å². The van der Waals surface area contributed by atoms with E-state index < -0.39 is 0 Å². The van der Waals surface area contributed by atoms with E-state index in [2.05, 4.69) is 9.97 Å². The van der Waals surface area contributed by atoms with Crippen LogP contribution in [0.25, 0.3) is 16.7 Å². The van der Waals surface area contributed by atoms with Crippen molar-refractivity contribution in [2.75, 3.05) is 0 Å². The third-order valence-electron chi connectivity index (χ3n) is 3.90. The standard InChI is InChI=1S/C17H13ClN4O/c1-10-16(21-8-7-12(18)9-15(21)19-10)17(23)22-11(2)20-13-5-3-4-6-14(13)22/h3-9H,1-2H3. The predicted octanol–water partition coefficient (Wildman–Crippen LogP) is 3.64. The molecule has 0 fully saturated rings. The predicted molar refractivity (Wildman–Crippen MR) is 89.1 cm³/mol. The molecule has 0 aliphatic rings. The number of aryl methyl sites for hydroxylation is 2. The minimum atomic E-state index is -0.150. The summed E-state index contributed by atoms with van der Waals surface area (Å²) in [5, 5.41) is 0.589. The van der Waals surface area contributed by atoms with Gasteiger partial charge in [0.15, 0.2) is 0 Å². The first-order chi connectivity index (χ1) is 11.1. The molecule has 6 heteroatoms. The Kier molecular flexibility index (Phi) is 2.99. The SMILES string of the molecule is Cc1nc2cc(Cl)ccn2c1C(=O)n1c(C)nc2ccccc21. The van der Waals surface area contributed by atoms with Crippen molar-refractivity contribution in [2.45, 2.75) is 13.8 Å². The monoisotopic (exact) mass is 324 g/mol. The van der Waals surface area contributed by atoms with Gasteiger partial charge in [0, 0.05) is 17.3 Å². The maximum Gasteiger partial charge on any atom is 0.282 e. The van der Waals surface area contributed by atoms with Crippen molar-refractivity contribution >= 4 is 34.2 Å². The number of hydrogen-bond donors (Lipinski definition) is 0. The smallest absolute Gasteiger partial charge is 0.282 e. The summed E-state index contributed by atoms with van der Waals surface area (Å²) in [5.41, 5.74) is 3.42. The molecule has 5 nitrogen and oxygen atoms in total. The van der Waals surface area contributed by atoms with Crippen LogP contribution in [0, 0.1) is 13.8 Å². The first-order valence-corrected chi connectivity index (χ1v) is 7.57. The summed E-state index contributed by atoms with van der Waals surface area (Å²) < 4.78 is 3.39. The number of benzene rings is 1. The highest BCUT2D eigenvalue weighted by atomic mass is 35.5. The molecular weight excluding hydrogens is 312 g/mol. The maximum absolute atomic E-state index is 13.2. The van der Waals surface area contributed by atoms with Gasteiger partial charge in [0.2, 0.25) is 0 Å². The minimum absolute atomic E-state index is 0.150. The summed E-state index contributed by atoms with van der Waals surface area (Å²) in [6.07, 6.45) is 1.76. The molecule has 0 unspecified atom stereocenters. The van der Waals surface area contributed by atoms with E-state index in [1.165, 1.54) is 0 Å². The van der Waals surface area contributed by atoms with Crippen molar-refractivity contribution in [3.63, 3.8) is 0 Å². The molecule has 0 aliphatic heterocycles. The summed E-state index contributed by atoms with van der Waals surface area (Å²) in [4.78, 5) is 22.1. The largest absolute Gasteiger partial charge is 0.295 e. The van der Waals surface area contributed by atoms with E-state index in [0.29, 0.717) is 27.9 Å². The van der Waals surface area contributed by atoms with E-state index in [4.69, 9.17) is 11.6 Å². The summed E-state index contributed by atoms with van der Waals surface area (Å²) in [7, 11) is 0. The average molecular weight is 325 g/mol. The van der Waals surface area contributed by atoms with Gasteiger partial charge in [-0.1, -0.05) is 23.7 Å². The molecule has 0 atom stereocenters. The van der Waals surface area contributed by atoms with Crippen LogP contribution in [0.4, 0.5) is 0 Å². The lowest BCUT2D eigenvalue weighted by molar-refractivity contribution is 0.0956. The molecule has 23 heavy (non-hydrogen) atoms. The average Bonchev–Trinajstić information content (AvgIpc) is 3.01. The van der Waals surface area contributed by atoms with Crippen LogP contribution in [-0.4, -0.2) is 24.8 Å². The normalized spacial score (nSPS) is 11.4. The molecule has 1 aromatic carbocycles. The van der Waals surface area contributed by atoms with Gasteiger partial charge in [-0.05, 0) is 32.0 Å². The number of carbonyl (C=O) groups excluding carboxylic acids is 1. The number of aromatic nitrogens is 4. The molecule has 0 bridgehead atoms. The van der Waals surface area contributed by atoms with Gasteiger partial charge >= 0.3 is 0 Å². The molecule has 0 amide bonds. The molecule has 3 heterocycles. The lowest BCUT2D eigenvalue weighted by Gasteiger charge is -2.06. The van der Waals surface area contributed by atoms with E-state index in [1.807, 2.05) is 38.1 Å². The number of imidazole rings is 2. The van der Waals surface area contributed by atoms with Crippen molar-refractivity contribution in [1.29, 1.82) is 0 Å². The first kappa shape index (κ1) is 14.0. The number of para-hydroxylation sites is 2. The van der Waals surface area contributed by atoms with Gasteiger partial charge in [-0.25, -0.2) is 9.97 Å². The number of pyridine rings is 1. The fourth-order valence-corrected chi connectivity index (χ4v) is 3.06. The van der Waals surface area contributed by atoms with Gasteiger partial charge in [0.1, 0.15) is 17.2 Å². The van der Waals surface area contributed by atoms with Crippen LogP contribution in [0.2, 0.25) is 5.02 Å². The fraction of sp³-hybridized carbons (Fsp3) is 0.118. The van der Waals surface area contributed by atoms with E-state index in [-0.39, 0.29) is 5.91 Å². The van der Waals surface area contributed by atoms with E-state index in [0.717, 1.165) is 11.0 Å². The van der Waals surface area contributed by atoms with Crippen LogP contribution in [0.1, 0.15) is 22.0 Å². The summed E-state index contributed by atoms with van der Waals surface area (Å²) >= 11 is 6.01. The van der Waals surface area contributed by atoms with Crippen LogP contribution in [0.5, 0.6) is 0 Å². The second kappa shape index (κ2) is 4.93. The topological polar surface area (TPSA) is 52.2 Å². The van der Waals surface area contributed by atoms with E-state index in [9.17, 15) is 4.79 Å². The summed E-state index contributed by atoms with van der Waals surface area (Å²) in [6.45, 7) is 3.65. The van der Waals surface area contributed by atoms with Crippen LogP contribution >= 0.6 is 11.6 Å². The second-order valence-electron chi connectivity index (χ2n) is 5.41. The molecule has 0 spiro atoms. The Morgan fingerprint density at radius 2 is 1.91 bits per heavy atom. The van der Waals surface area contributed by atoms with E-state index in [1.54, 1.807) is 27.3 Å². The molecule has 114 valence electrons. The number of carbonyl (C=O) groups is 1. The molecule has 0 aliphatic carbocycles. The number of halogens is 1. The summed E-state index contributed by atoms with van der Waals surface area (Å²) in [6, 6.07) is 11.1. The highest BCUT2D eigenvalue weighted by molar-refractivity contribution is 6.30. The maximum atomic E-state index is 13.2. The van der Waals surface area contributed by atoms with Crippen molar-refractivity contribution < 1.29 is 4.79 Å².